The highest BCUT2D eigenvalue weighted by atomic mass is 32.2. The molecule has 5 nitrogen and oxygen atoms in total. The molecule has 0 aromatic rings. The van der Waals surface area contributed by atoms with Crippen molar-refractivity contribution in [3.63, 3.8) is 0 Å². The van der Waals surface area contributed by atoms with Gasteiger partial charge in [-0.15, -0.1) is 0 Å². The first kappa shape index (κ1) is 19.7. The minimum atomic E-state index is -2.93. The third-order valence-electron chi connectivity index (χ3n) is 2.36. The van der Waals surface area contributed by atoms with Crippen LogP contribution in [0.2, 0.25) is 0 Å². The number of rotatable bonds is 9. The van der Waals surface area contributed by atoms with E-state index in [9.17, 15) is 13.2 Å². The number of sulfone groups is 1. The summed E-state index contributed by atoms with van der Waals surface area (Å²) in [6.45, 7) is 8.69. The number of carbonyl (C=O) groups excluding carboxylic acids is 1. The minimum Gasteiger partial charge on any atom is -0.355 e. The van der Waals surface area contributed by atoms with Crippen molar-refractivity contribution in [2.45, 2.75) is 45.7 Å². The Morgan fingerprint density at radius 3 is 2.35 bits per heavy atom. The zero-order valence-electron chi connectivity index (χ0n) is 13.2. The van der Waals surface area contributed by atoms with Crippen molar-refractivity contribution >= 4 is 27.5 Å². The van der Waals surface area contributed by atoms with Gasteiger partial charge in [0.15, 0.2) is 0 Å². The topological polar surface area (TPSA) is 75.3 Å². The summed E-state index contributed by atoms with van der Waals surface area (Å²) in [4.78, 5) is 12.1. The lowest BCUT2D eigenvalue weighted by molar-refractivity contribution is -0.123. The molecule has 2 N–H and O–H groups in total. The summed E-state index contributed by atoms with van der Waals surface area (Å²) >= 11 is 1.49. The Kier molecular flexibility index (Phi) is 8.77. The maximum absolute atomic E-state index is 12.1. The number of thioether (sulfide) groups is 1. The Labute approximate surface area is 127 Å². The number of hydrogen-bond acceptors (Lipinski definition) is 5. The number of nitrogens with one attached hydrogen (secondary N) is 2. The Bertz CT molecular complexity index is 389. The molecule has 0 aromatic carbocycles. The van der Waals surface area contributed by atoms with Crippen molar-refractivity contribution in [3.05, 3.63) is 0 Å². The van der Waals surface area contributed by atoms with E-state index in [1.165, 1.54) is 18.0 Å². The monoisotopic (exact) mass is 324 g/mol. The molecule has 0 bridgehead atoms. The molecular weight excluding hydrogens is 296 g/mol. The fraction of sp³-hybridized carbons (Fsp3) is 0.923. The van der Waals surface area contributed by atoms with Crippen LogP contribution in [0.5, 0.6) is 0 Å². The molecule has 0 fully saturated rings. The second kappa shape index (κ2) is 8.89. The van der Waals surface area contributed by atoms with Crippen LogP contribution in [0.3, 0.4) is 0 Å². The van der Waals surface area contributed by atoms with Crippen LogP contribution in [-0.2, 0) is 14.6 Å². The van der Waals surface area contributed by atoms with E-state index in [4.69, 9.17) is 0 Å². The average Bonchev–Trinajstić information content (AvgIpc) is 2.27. The van der Waals surface area contributed by atoms with E-state index in [0.29, 0.717) is 18.1 Å². The van der Waals surface area contributed by atoms with E-state index < -0.39 is 9.84 Å². The van der Waals surface area contributed by atoms with Gasteiger partial charge in [-0.1, -0.05) is 6.92 Å². The summed E-state index contributed by atoms with van der Waals surface area (Å²) in [5.74, 6) is 1.22. The molecule has 0 radical (unpaired) electrons. The predicted molar refractivity (Wildman–Crippen MR) is 87.0 cm³/mol. The van der Waals surface area contributed by atoms with Crippen molar-refractivity contribution in [2.75, 3.05) is 30.1 Å². The molecule has 1 atom stereocenters. The molecule has 0 saturated heterocycles. The van der Waals surface area contributed by atoms with Crippen LogP contribution < -0.4 is 10.6 Å². The van der Waals surface area contributed by atoms with Crippen LogP contribution >= 0.6 is 11.8 Å². The molecule has 120 valence electrons. The molecule has 0 aromatic heterocycles. The van der Waals surface area contributed by atoms with Crippen molar-refractivity contribution in [3.8, 4) is 0 Å². The standard InChI is InChI=1S/C13H28N2O3S2/c1-6-7-14-12(16)11(15-13(2,3)4)10-19-8-9-20(5,17)18/h11,15H,6-10H2,1-5H3,(H,14,16). The van der Waals surface area contributed by atoms with E-state index in [2.05, 4.69) is 10.6 Å². The maximum Gasteiger partial charge on any atom is 0.238 e. The normalized spacial score (nSPS) is 14.1. The first-order valence-electron chi connectivity index (χ1n) is 6.86. The zero-order valence-corrected chi connectivity index (χ0v) is 14.8. The van der Waals surface area contributed by atoms with Gasteiger partial charge in [0.1, 0.15) is 9.84 Å². The van der Waals surface area contributed by atoms with Crippen molar-refractivity contribution < 1.29 is 13.2 Å². The summed E-state index contributed by atoms with van der Waals surface area (Å²) in [6, 6.07) is -0.300. The molecule has 1 amide bonds. The number of carbonyl (C=O) groups is 1. The second-order valence-corrected chi connectivity index (χ2v) is 9.35. The van der Waals surface area contributed by atoms with Gasteiger partial charge in [-0.2, -0.15) is 11.8 Å². The number of hydrogen-bond donors (Lipinski definition) is 2. The van der Waals surface area contributed by atoms with Gasteiger partial charge >= 0.3 is 0 Å². The SMILES string of the molecule is CCCNC(=O)C(CSCCS(C)(=O)=O)NC(C)(C)C. The first-order valence-corrected chi connectivity index (χ1v) is 10.1. The molecule has 20 heavy (non-hydrogen) atoms. The molecule has 0 aliphatic heterocycles. The molecule has 0 rings (SSSR count). The molecule has 0 spiro atoms. The van der Waals surface area contributed by atoms with Crippen molar-refractivity contribution in [2.24, 2.45) is 0 Å². The summed E-state index contributed by atoms with van der Waals surface area (Å²) in [5.41, 5.74) is -0.161. The Hall–Kier alpha value is -0.270. The predicted octanol–water partition coefficient (Wildman–Crippen LogP) is 1.05. The van der Waals surface area contributed by atoms with E-state index in [1.54, 1.807) is 0 Å². The summed E-state index contributed by atoms with van der Waals surface area (Å²) < 4.78 is 22.1. The number of amides is 1. The third kappa shape index (κ3) is 11.5. The second-order valence-electron chi connectivity index (χ2n) is 5.94. The molecule has 0 saturated carbocycles. The molecule has 0 heterocycles. The highest BCUT2D eigenvalue weighted by Crippen LogP contribution is 2.09. The molecule has 7 heteroatoms. The summed E-state index contributed by atoms with van der Waals surface area (Å²) in [7, 11) is -2.93. The molecule has 1 unspecified atom stereocenters. The van der Waals surface area contributed by atoms with Gasteiger partial charge in [0.25, 0.3) is 0 Å². The largest absolute Gasteiger partial charge is 0.355 e. The average molecular weight is 325 g/mol. The fourth-order valence-corrected chi connectivity index (χ4v) is 3.81. The molecule has 0 aliphatic rings. The third-order valence-corrected chi connectivity index (χ3v) is 4.62. The van der Waals surface area contributed by atoms with Crippen LogP contribution in [0, 0.1) is 0 Å². The van der Waals surface area contributed by atoms with Crippen molar-refractivity contribution in [1.82, 2.24) is 10.6 Å². The first-order chi connectivity index (χ1) is 9.05. The van der Waals surface area contributed by atoms with E-state index in [0.717, 1.165) is 6.42 Å². The lowest BCUT2D eigenvalue weighted by Gasteiger charge is -2.27. The highest BCUT2D eigenvalue weighted by Gasteiger charge is 2.23. The van der Waals surface area contributed by atoms with Gasteiger partial charge in [-0.3, -0.25) is 4.79 Å². The van der Waals surface area contributed by atoms with Crippen molar-refractivity contribution in [1.29, 1.82) is 0 Å². The Balaban J connectivity index is 4.35. The van der Waals surface area contributed by atoms with E-state index in [-0.39, 0.29) is 23.2 Å². The molecule has 0 aliphatic carbocycles. The van der Waals surface area contributed by atoms with Gasteiger partial charge < -0.3 is 10.6 Å². The summed E-state index contributed by atoms with van der Waals surface area (Å²) in [6.07, 6.45) is 2.13. The van der Waals surface area contributed by atoms with E-state index >= 15 is 0 Å². The Morgan fingerprint density at radius 2 is 1.90 bits per heavy atom. The van der Waals surface area contributed by atoms with Crippen LogP contribution in [0.15, 0.2) is 0 Å². The van der Waals surface area contributed by atoms with E-state index in [1.807, 2.05) is 27.7 Å². The lowest BCUT2D eigenvalue weighted by atomic mass is 10.1. The van der Waals surface area contributed by atoms with Gasteiger partial charge in [0, 0.05) is 29.8 Å². The molecular formula is C13H28N2O3S2. The smallest absolute Gasteiger partial charge is 0.238 e. The van der Waals surface area contributed by atoms with Crippen LogP contribution in [0.4, 0.5) is 0 Å². The Morgan fingerprint density at radius 1 is 1.30 bits per heavy atom. The quantitative estimate of drug-likeness (QED) is 0.620. The summed E-state index contributed by atoms with van der Waals surface area (Å²) in [5, 5.41) is 6.16. The van der Waals surface area contributed by atoms with Gasteiger partial charge in [-0.25, -0.2) is 8.42 Å². The van der Waals surface area contributed by atoms with Gasteiger partial charge in [0.05, 0.1) is 11.8 Å². The van der Waals surface area contributed by atoms with Crippen LogP contribution in [-0.4, -0.2) is 56.0 Å². The van der Waals surface area contributed by atoms with Crippen LogP contribution in [0.1, 0.15) is 34.1 Å². The van der Waals surface area contributed by atoms with Gasteiger partial charge in [0.2, 0.25) is 5.91 Å². The van der Waals surface area contributed by atoms with Crippen LogP contribution in [0.25, 0.3) is 0 Å². The fourth-order valence-electron chi connectivity index (χ4n) is 1.49. The maximum atomic E-state index is 12.1. The van der Waals surface area contributed by atoms with Gasteiger partial charge in [-0.05, 0) is 27.2 Å². The minimum absolute atomic E-state index is 0.0198. The lowest BCUT2D eigenvalue weighted by Crippen LogP contribution is -2.53. The highest BCUT2D eigenvalue weighted by molar-refractivity contribution is 8.00. The zero-order chi connectivity index (χ0) is 15.8.